The minimum Gasteiger partial charge on any atom is -0.478 e. The van der Waals surface area contributed by atoms with E-state index >= 15 is 0 Å². The number of methoxy groups -OCH3 is 1. The van der Waals surface area contributed by atoms with Gasteiger partial charge in [-0.3, -0.25) is 0 Å². The second-order valence-corrected chi connectivity index (χ2v) is 7.30. The highest BCUT2D eigenvalue weighted by Crippen LogP contribution is 2.29. The van der Waals surface area contributed by atoms with E-state index in [9.17, 15) is 13.2 Å². The van der Waals surface area contributed by atoms with Crippen LogP contribution in [0.3, 0.4) is 0 Å². The lowest BCUT2D eigenvalue weighted by molar-refractivity contribution is 0.0696. The van der Waals surface area contributed by atoms with Gasteiger partial charge in [-0.15, -0.1) is 11.3 Å². The Hall–Kier alpha value is -0.960. The van der Waals surface area contributed by atoms with Gasteiger partial charge >= 0.3 is 5.97 Å². The largest absolute Gasteiger partial charge is 0.478 e. The summed E-state index contributed by atoms with van der Waals surface area (Å²) in [6.07, 6.45) is 0.451. The quantitative estimate of drug-likeness (QED) is 0.869. The van der Waals surface area contributed by atoms with Crippen LogP contribution in [-0.2, 0) is 27.7 Å². The second-order valence-electron chi connectivity index (χ2n) is 4.25. The van der Waals surface area contributed by atoms with Crippen molar-refractivity contribution in [3.05, 3.63) is 21.4 Å². The molecule has 0 atom stereocenters. The molecule has 2 heterocycles. The first-order chi connectivity index (χ1) is 8.95. The average molecular weight is 305 g/mol. The molecule has 0 spiro atoms. The zero-order chi connectivity index (χ0) is 14.0. The summed E-state index contributed by atoms with van der Waals surface area (Å²) in [4.78, 5) is 11.8. The Kier molecular flexibility index (Phi) is 4.24. The number of aromatic carboxylic acids is 1. The lowest BCUT2D eigenvalue weighted by atomic mass is 10.1. The average Bonchev–Trinajstić information content (AvgIpc) is 2.79. The number of rotatable bonds is 5. The molecule has 0 saturated carbocycles. The van der Waals surface area contributed by atoms with Gasteiger partial charge < -0.3 is 9.84 Å². The molecule has 2 rings (SSSR count). The maximum absolute atomic E-state index is 12.0. The van der Waals surface area contributed by atoms with E-state index in [1.807, 2.05) is 0 Å². The fourth-order valence-corrected chi connectivity index (χ4v) is 4.54. The van der Waals surface area contributed by atoms with Gasteiger partial charge in [0.1, 0.15) is 0 Å². The van der Waals surface area contributed by atoms with E-state index in [1.165, 1.54) is 22.8 Å². The molecule has 6 nitrogen and oxygen atoms in total. The zero-order valence-corrected chi connectivity index (χ0v) is 12.1. The van der Waals surface area contributed by atoms with Gasteiger partial charge in [0.25, 0.3) is 0 Å². The van der Waals surface area contributed by atoms with Crippen LogP contribution in [0.15, 0.2) is 5.38 Å². The molecule has 106 valence electrons. The highest BCUT2D eigenvalue weighted by Gasteiger charge is 2.29. The van der Waals surface area contributed by atoms with E-state index in [0.717, 1.165) is 10.4 Å². The predicted molar refractivity (Wildman–Crippen MR) is 71.1 cm³/mol. The monoisotopic (exact) mass is 305 g/mol. The standard InChI is InChI=1S/C11H15NO5S2/c1-17-4-5-19(15,16)12-3-2-8-9(11(13)14)7-18-10(8)6-12/h7H,2-6H2,1H3,(H,13,14). The number of hydrogen-bond acceptors (Lipinski definition) is 5. The fraction of sp³-hybridized carbons (Fsp3) is 0.545. The molecule has 0 unspecified atom stereocenters. The van der Waals surface area contributed by atoms with Gasteiger partial charge in [0.15, 0.2) is 0 Å². The number of ether oxygens (including phenoxy) is 1. The van der Waals surface area contributed by atoms with E-state index in [0.29, 0.717) is 18.5 Å². The SMILES string of the molecule is COCCS(=O)(=O)N1CCc2c(C(=O)O)csc2C1. The molecule has 1 aliphatic heterocycles. The Morgan fingerprint density at radius 1 is 1.58 bits per heavy atom. The van der Waals surface area contributed by atoms with Crippen LogP contribution in [0.1, 0.15) is 20.8 Å². The van der Waals surface area contributed by atoms with Crippen molar-refractivity contribution in [3.63, 3.8) is 0 Å². The van der Waals surface area contributed by atoms with E-state index < -0.39 is 16.0 Å². The van der Waals surface area contributed by atoms with Crippen molar-refractivity contribution in [2.24, 2.45) is 0 Å². The van der Waals surface area contributed by atoms with Crippen LogP contribution in [0.2, 0.25) is 0 Å². The predicted octanol–water partition coefficient (Wildman–Crippen LogP) is 0.781. The van der Waals surface area contributed by atoms with Gasteiger partial charge in [0, 0.05) is 30.5 Å². The molecule has 19 heavy (non-hydrogen) atoms. The van der Waals surface area contributed by atoms with Crippen LogP contribution in [-0.4, -0.2) is 49.8 Å². The van der Waals surface area contributed by atoms with E-state index in [4.69, 9.17) is 9.84 Å². The summed E-state index contributed by atoms with van der Waals surface area (Å²) in [5.41, 5.74) is 1.07. The fourth-order valence-electron chi connectivity index (χ4n) is 2.04. The van der Waals surface area contributed by atoms with Gasteiger partial charge in [0.05, 0.1) is 17.9 Å². The molecule has 1 N–H and O–H groups in total. The van der Waals surface area contributed by atoms with Crippen LogP contribution in [0, 0.1) is 0 Å². The summed E-state index contributed by atoms with van der Waals surface area (Å²) in [7, 11) is -1.87. The van der Waals surface area contributed by atoms with Crippen LogP contribution in [0.5, 0.6) is 0 Å². The summed E-state index contributed by atoms with van der Waals surface area (Å²) in [6, 6.07) is 0. The van der Waals surface area contributed by atoms with Crippen molar-refractivity contribution in [1.29, 1.82) is 0 Å². The van der Waals surface area contributed by atoms with Crippen LogP contribution < -0.4 is 0 Å². The Morgan fingerprint density at radius 3 is 2.95 bits per heavy atom. The maximum atomic E-state index is 12.0. The van der Waals surface area contributed by atoms with Crippen molar-refractivity contribution >= 4 is 27.3 Å². The van der Waals surface area contributed by atoms with Gasteiger partial charge in [-0.1, -0.05) is 0 Å². The number of thiophene rings is 1. The van der Waals surface area contributed by atoms with Gasteiger partial charge in [-0.05, 0) is 12.0 Å². The number of fused-ring (bicyclic) bond motifs is 1. The minimum atomic E-state index is -3.33. The first-order valence-corrected chi connectivity index (χ1v) is 8.24. The Bertz CT molecular complexity index is 578. The highest BCUT2D eigenvalue weighted by molar-refractivity contribution is 7.89. The number of sulfonamides is 1. The number of nitrogens with zero attached hydrogens (tertiary/aromatic N) is 1. The van der Waals surface area contributed by atoms with Crippen LogP contribution in [0.4, 0.5) is 0 Å². The summed E-state index contributed by atoms with van der Waals surface area (Å²) >= 11 is 1.31. The molecule has 0 amide bonds. The first kappa shape index (κ1) is 14.4. The molecular weight excluding hydrogens is 290 g/mol. The topological polar surface area (TPSA) is 83.9 Å². The molecule has 0 saturated heterocycles. The number of hydrogen-bond donors (Lipinski definition) is 1. The Morgan fingerprint density at radius 2 is 2.32 bits per heavy atom. The van der Waals surface area contributed by atoms with Gasteiger partial charge in [-0.25, -0.2) is 13.2 Å². The summed E-state index contributed by atoms with van der Waals surface area (Å²) in [5.74, 6) is -0.996. The Balaban J connectivity index is 2.17. The lowest BCUT2D eigenvalue weighted by Crippen LogP contribution is -2.38. The zero-order valence-electron chi connectivity index (χ0n) is 10.5. The molecule has 8 heteroatoms. The van der Waals surface area contributed by atoms with Crippen LogP contribution in [0.25, 0.3) is 0 Å². The third kappa shape index (κ3) is 2.97. The molecule has 0 radical (unpaired) electrons. The maximum Gasteiger partial charge on any atom is 0.336 e. The molecule has 1 aliphatic rings. The third-order valence-electron chi connectivity index (χ3n) is 3.08. The van der Waals surface area contributed by atoms with E-state index in [-0.39, 0.29) is 18.9 Å². The second kappa shape index (κ2) is 5.58. The molecule has 0 aliphatic carbocycles. The van der Waals surface area contributed by atoms with Gasteiger partial charge in [-0.2, -0.15) is 4.31 Å². The van der Waals surface area contributed by atoms with Crippen molar-refractivity contribution in [2.45, 2.75) is 13.0 Å². The molecule has 0 aromatic carbocycles. The van der Waals surface area contributed by atoms with Crippen molar-refractivity contribution in [1.82, 2.24) is 4.31 Å². The summed E-state index contributed by atoms with van der Waals surface area (Å²) in [5, 5.41) is 10.6. The van der Waals surface area contributed by atoms with Crippen molar-refractivity contribution < 1.29 is 23.1 Å². The van der Waals surface area contributed by atoms with E-state index in [2.05, 4.69) is 0 Å². The smallest absolute Gasteiger partial charge is 0.336 e. The summed E-state index contributed by atoms with van der Waals surface area (Å²) < 4.78 is 30.3. The third-order valence-corrected chi connectivity index (χ3v) is 5.88. The summed E-state index contributed by atoms with van der Waals surface area (Å²) in [6.45, 7) is 0.756. The van der Waals surface area contributed by atoms with Gasteiger partial charge in [0.2, 0.25) is 10.0 Å². The van der Waals surface area contributed by atoms with Crippen LogP contribution >= 0.6 is 11.3 Å². The highest BCUT2D eigenvalue weighted by atomic mass is 32.2. The molecule has 1 aromatic heterocycles. The molecule has 0 fully saturated rings. The minimum absolute atomic E-state index is 0.0456. The molecule has 0 bridgehead atoms. The van der Waals surface area contributed by atoms with E-state index in [1.54, 1.807) is 5.38 Å². The molecular formula is C11H15NO5S2. The van der Waals surface area contributed by atoms with Crippen molar-refractivity contribution in [3.8, 4) is 0 Å². The number of carbonyl (C=O) groups is 1. The number of carboxylic acids is 1. The molecule has 1 aromatic rings. The van der Waals surface area contributed by atoms with Crippen molar-refractivity contribution in [2.75, 3.05) is 26.0 Å². The Labute approximate surface area is 115 Å². The normalized spacial score (nSPS) is 16.3. The first-order valence-electron chi connectivity index (χ1n) is 5.75. The lowest BCUT2D eigenvalue weighted by Gasteiger charge is -2.26. The number of carboxylic acid groups (broad SMARTS) is 1.